The molecule has 0 spiro atoms. The van der Waals surface area contributed by atoms with Crippen LogP contribution in [0.15, 0.2) is 67.3 Å². The molecule has 0 amide bonds. The van der Waals surface area contributed by atoms with Crippen LogP contribution in [0.5, 0.6) is 11.5 Å². The van der Waals surface area contributed by atoms with Crippen molar-refractivity contribution in [1.82, 2.24) is 14.9 Å². The van der Waals surface area contributed by atoms with Gasteiger partial charge in [-0.15, -0.1) is 0 Å². The van der Waals surface area contributed by atoms with Crippen LogP contribution < -0.4 is 14.8 Å². The Morgan fingerprint density at radius 2 is 1.79 bits per heavy atom. The van der Waals surface area contributed by atoms with Crippen LogP contribution in [0.1, 0.15) is 5.56 Å². The molecule has 0 aliphatic heterocycles. The summed E-state index contributed by atoms with van der Waals surface area (Å²) in [5.41, 5.74) is 1.60. The van der Waals surface area contributed by atoms with Gasteiger partial charge in [-0.2, -0.15) is 5.26 Å². The van der Waals surface area contributed by atoms with Crippen molar-refractivity contribution < 1.29 is 14.6 Å². The molecule has 1 atom stereocenters. The van der Waals surface area contributed by atoms with E-state index < -0.39 is 6.10 Å². The molecule has 0 bridgehead atoms. The van der Waals surface area contributed by atoms with Crippen molar-refractivity contribution in [3.05, 3.63) is 72.8 Å². The Labute approximate surface area is 163 Å². The lowest BCUT2D eigenvalue weighted by Gasteiger charge is -2.14. The molecule has 0 aliphatic rings. The van der Waals surface area contributed by atoms with Crippen LogP contribution >= 0.6 is 0 Å². The number of nitriles is 1. The first-order valence-corrected chi connectivity index (χ1v) is 8.97. The number of aromatic nitrogens is 2. The predicted molar refractivity (Wildman–Crippen MR) is 105 cm³/mol. The Bertz CT molecular complexity index is 872. The van der Waals surface area contributed by atoms with Crippen molar-refractivity contribution in [2.75, 3.05) is 26.3 Å². The zero-order chi connectivity index (χ0) is 19.6. The zero-order valence-corrected chi connectivity index (χ0v) is 15.4. The van der Waals surface area contributed by atoms with Gasteiger partial charge in [0.25, 0.3) is 0 Å². The van der Waals surface area contributed by atoms with E-state index >= 15 is 0 Å². The van der Waals surface area contributed by atoms with E-state index in [9.17, 15) is 5.11 Å². The van der Waals surface area contributed by atoms with Crippen LogP contribution in [0.25, 0.3) is 5.69 Å². The summed E-state index contributed by atoms with van der Waals surface area (Å²) >= 11 is 0. The van der Waals surface area contributed by atoms with E-state index in [1.165, 1.54) is 0 Å². The van der Waals surface area contributed by atoms with E-state index in [0.717, 1.165) is 11.4 Å². The number of hydrogen-bond donors (Lipinski definition) is 2. The van der Waals surface area contributed by atoms with Gasteiger partial charge in [-0.05, 0) is 48.5 Å². The summed E-state index contributed by atoms with van der Waals surface area (Å²) in [5, 5.41) is 21.9. The molecule has 1 unspecified atom stereocenters. The molecular formula is C21H22N4O3. The lowest BCUT2D eigenvalue weighted by molar-refractivity contribution is 0.105. The molecule has 0 aliphatic carbocycles. The SMILES string of the molecule is N#Cc1ccc(OCC(O)CNCCOc2ccc(-n3ccnc3)cc2)cc1. The molecule has 0 saturated carbocycles. The van der Waals surface area contributed by atoms with E-state index in [4.69, 9.17) is 14.7 Å². The van der Waals surface area contributed by atoms with Gasteiger partial charge in [0.1, 0.15) is 30.8 Å². The average molecular weight is 378 g/mol. The Morgan fingerprint density at radius 3 is 2.46 bits per heavy atom. The van der Waals surface area contributed by atoms with Crippen LogP contribution in [0.2, 0.25) is 0 Å². The van der Waals surface area contributed by atoms with Gasteiger partial charge in [0, 0.05) is 31.2 Å². The molecule has 28 heavy (non-hydrogen) atoms. The van der Waals surface area contributed by atoms with Crippen LogP contribution in [0.3, 0.4) is 0 Å². The maximum absolute atomic E-state index is 9.96. The molecule has 2 aromatic carbocycles. The summed E-state index contributed by atoms with van der Waals surface area (Å²) < 4.78 is 13.1. The first kappa shape index (κ1) is 19.4. The number of ether oxygens (including phenoxy) is 2. The Kier molecular flexibility index (Phi) is 7.01. The minimum atomic E-state index is -0.634. The lowest BCUT2D eigenvalue weighted by atomic mass is 10.2. The number of nitrogens with one attached hydrogen (secondary N) is 1. The van der Waals surface area contributed by atoms with Gasteiger partial charge in [-0.25, -0.2) is 4.98 Å². The maximum Gasteiger partial charge on any atom is 0.119 e. The monoisotopic (exact) mass is 378 g/mol. The highest BCUT2D eigenvalue weighted by Crippen LogP contribution is 2.15. The van der Waals surface area contributed by atoms with Gasteiger partial charge in [0.05, 0.1) is 18.0 Å². The van der Waals surface area contributed by atoms with E-state index in [0.29, 0.717) is 31.0 Å². The first-order valence-electron chi connectivity index (χ1n) is 8.97. The molecule has 144 valence electrons. The molecule has 1 heterocycles. The molecule has 0 fully saturated rings. The highest BCUT2D eigenvalue weighted by atomic mass is 16.5. The largest absolute Gasteiger partial charge is 0.492 e. The molecule has 1 aromatic heterocycles. The Morgan fingerprint density at radius 1 is 1.07 bits per heavy atom. The first-order chi connectivity index (χ1) is 13.7. The summed E-state index contributed by atoms with van der Waals surface area (Å²) in [4.78, 5) is 4.03. The number of imidazole rings is 1. The van der Waals surface area contributed by atoms with Crippen molar-refractivity contribution in [3.63, 3.8) is 0 Å². The molecular weight excluding hydrogens is 356 g/mol. The summed E-state index contributed by atoms with van der Waals surface area (Å²) in [6, 6.07) is 16.6. The zero-order valence-electron chi connectivity index (χ0n) is 15.4. The number of nitrogens with zero attached hydrogens (tertiary/aromatic N) is 3. The van der Waals surface area contributed by atoms with Crippen LogP contribution in [-0.4, -0.2) is 47.1 Å². The van der Waals surface area contributed by atoms with Crippen molar-refractivity contribution in [3.8, 4) is 23.3 Å². The molecule has 7 nitrogen and oxygen atoms in total. The van der Waals surface area contributed by atoms with Crippen LogP contribution in [0.4, 0.5) is 0 Å². The third-order valence-corrected chi connectivity index (χ3v) is 3.99. The molecule has 3 aromatic rings. The quantitative estimate of drug-likeness (QED) is 0.525. The van der Waals surface area contributed by atoms with Gasteiger partial charge >= 0.3 is 0 Å². The van der Waals surface area contributed by atoms with Gasteiger partial charge in [0.15, 0.2) is 0 Å². The van der Waals surface area contributed by atoms with Gasteiger partial charge in [-0.1, -0.05) is 0 Å². The maximum atomic E-state index is 9.96. The van der Waals surface area contributed by atoms with E-state index in [1.54, 1.807) is 36.8 Å². The Hall–Kier alpha value is -3.34. The van der Waals surface area contributed by atoms with Gasteiger partial charge in [0.2, 0.25) is 0 Å². The van der Waals surface area contributed by atoms with Crippen LogP contribution in [-0.2, 0) is 0 Å². The highest BCUT2D eigenvalue weighted by molar-refractivity contribution is 5.37. The molecule has 7 heteroatoms. The fourth-order valence-electron chi connectivity index (χ4n) is 2.51. The van der Waals surface area contributed by atoms with Crippen LogP contribution in [0, 0.1) is 11.3 Å². The average Bonchev–Trinajstić information content (AvgIpc) is 3.28. The number of aliphatic hydroxyl groups is 1. The van der Waals surface area contributed by atoms with Crippen molar-refractivity contribution in [2.45, 2.75) is 6.10 Å². The Balaban J connectivity index is 1.29. The lowest BCUT2D eigenvalue weighted by Crippen LogP contribution is -2.33. The fraction of sp³-hybridized carbons (Fsp3) is 0.238. The predicted octanol–water partition coefficient (Wildman–Crippen LogP) is 2.15. The smallest absolute Gasteiger partial charge is 0.119 e. The molecule has 0 radical (unpaired) electrons. The third-order valence-electron chi connectivity index (χ3n) is 3.99. The third kappa shape index (κ3) is 5.84. The van der Waals surface area contributed by atoms with E-state index in [1.807, 2.05) is 41.1 Å². The number of benzene rings is 2. The van der Waals surface area contributed by atoms with E-state index in [-0.39, 0.29) is 6.61 Å². The molecule has 2 N–H and O–H groups in total. The molecule has 3 rings (SSSR count). The second kappa shape index (κ2) is 10.1. The van der Waals surface area contributed by atoms with Gasteiger partial charge in [-0.3, -0.25) is 0 Å². The van der Waals surface area contributed by atoms with Crippen molar-refractivity contribution in [2.24, 2.45) is 0 Å². The second-order valence-electron chi connectivity index (χ2n) is 6.12. The summed E-state index contributed by atoms with van der Waals surface area (Å²) in [6.07, 6.45) is 4.73. The fourth-order valence-corrected chi connectivity index (χ4v) is 2.51. The number of rotatable bonds is 10. The minimum Gasteiger partial charge on any atom is -0.492 e. The number of hydrogen-bond acceptors (Lipinski definition) is 6. The number of aliphatic hydroxyl groups excluding tert-OH is 1. The summed E-state index contributed by atoms with van der Waals surface area (Å²) in [7, 11) is 0. The molecule has 0 saturated heterocycles. The second-order valence-corrected chi connectivity index (χ2v) is 6.12. The van der Waals surface area contributed by atoms with Gasteiger partial charge < -0.3 is 24.5 Å². The normalized spacial score (nSPS) is 11.6. The standard InChI is InChI=1S/C21H22N4O3/c22-13-17-1-5-21(6-2-17)28-15-19(26)14-23-10-12-27-20-7-3-18(4-8-20)25-11-9-24-16-25/h1-9,11,16,19,23,26H,10,12,14-15H2. The summed E-state index contributed by atoms with van der Waals surface area (Å²) in [5.74, 6) is 1.41. The summed E-state index contributed by atoms with van der Waals surface area (Å²) in [6.45, 7) is 1.68. The van der Waals surface area contributed by atoms with E-state index in [2.05, 4.69) is 10.3 Å². The topological polar surface area (TPSA) is 92.3 Å². The van der Waals surface area contributed by atoms with Crippen molar-refractivity contribution in [1.29, 1.82) is 5.26 Å². The highest BCUT2D eigenvalue weighted by Gasteiger charge is 2.05. The van der Waals surface area contributed by atoms with Crippen molar-refractivity contribution >= 4 is 0 Å². The minimum absolute atomic E-state index is 0.176.